The number of nitrogens with one attached hydrogen (secondary N) is 1. The third-order valence-electron chi connectivity index (χ3n) is 4.42. The molecular weight excluding hydrogens is 360 g/mol. The molecule has 0 saturated heterocycles. The van der Waals surface area contributed by atoms with Crippen LogP contribution >= 0.6 is 11.6 Å². The molecule has 2 rings (SSSR count). The third kappa shape index (κ3) is 6.40. The number of carbonyl (C=O) groups excluding carboxylic acids is 2. The minimum atomic E-state index is -0.124. The second kappa shape index (κ2) is 10.1. The quantitative estimate of drug-likeness (QED) is 0.681. The summed E-state index contributed by atoms with van der Waals surface area (Å²) < 4.78 is 0. The molecule has 0 aliphatic carbocycles. The Balaban J connectivity index is 1.85. The third-order valence-corrected chi connectivity index (χ3v) is 4.71. The molecule has 0 atom stereocenters. The number of amides is 2. The first-order valence-corrected chi connectivity index (χ1v) is 9.61. The van der Waals surface area contributed by atoms with Crippen molar-refractivity contribution in [1.29, 1.82) is 0 Å². The molecule has 0 unspecified atom stereocenters. The number of hydrogen-bond acceptors (Lipinski definition) is 2. The van der Waals surface area contributed by atoms with E-state index in [0.717, 1.165) is 24.0 Å². The molecule has 0 aromatic heterocycles. The van der Waals surface area contributed by atoms with Crippen molar-refractivity contribution in [2.45, 2.75) is 40.0 Å². The average Bonchev–Trinajstić information content (AvgIpc) is 2.61. The van der Waals surface area contributed by atoms with Gasteiger partial charge in [-0.25, -0.2) is 0 Å². The summed E-state index contributed by atoms with van der Waals surface area (Å²) >= 11 is 6.36. The summed E-state index contributed by atoms with van der Waals surface area (Å²) in [6.45, 7) is 6.31. The lowest BCUT2D eigenvalue weighted by Gasteiger charge is -2.24. The van der Waals surface area contributed by atoms with Gasteiger partial charge in [0.25, 0.3) is 0 Å². The van der Waals surface area contributed by atoms with Gasteiger partial charge in [-0.3, -0.25) is 9.59 Å². The first-order valence-electron chi connectivity index (χ1n) is 9.24. The number of benzene rings is 2. The Hall–Kier alpha value is -2.33. The lowest BCUT2D eigenvalue weighted by Crippen LogP contribution is -2.34. The van der Waals surface area contributed by atoms with Crippen LogP contribution in [0, 0.1) is 13.8 Å². The monoisotopic (exact) mass is 386 g/mol. The van der Waals surface area contributed by atoms with Gasteiger partial charge in [0.15, 0.2) is 0 Å². The van der Waals surface area contributed by atoms with Crippen molar-refractivity contribution in [2.75, 3.05) is 18.0 Å². The van der Waals surface area contributed by atoms with E-state index in [0.29, 0.717) is 23.8 Å². The molecule has 1 N–H and O–H groups in total. The molecule has 144 valence electrons. The topological polar surface area (TPSA) is 49.4 Å². The molecule has 0 aliphatic heterocycles. The first-order chi connectivity index (χ1) is 12.9. The Labute approximate surface area is 166 Å². The minimum absolute atomic E-state index is 0.0600. The van der Waals surface area contributed by atoms with Crippen LogP contribution in [0.2, 0.25) is 5.02 Å². The fourth-order valence-corrected chi connectivity index (χ4v) is 3.57. The van der Waals surface area contributed by atoms with E-state index in [1.165, 1.54) is 12.5 Å². The number of halogens is 1. The molecule has 0 spiro atoms. The Morgan fingerprint density at radius 1 is 1.11 bits per heavy atom. The van der Waals surface area contributed by atoms with Gasteiger partial charge in [0.05, 0.1) is 10.7 Å². The summed E-state index contributed by atoms with van der Waals surface area (Å²) in [7, 11) is 0. The second-order valence-electron chi connectivity index (χ2n) is 6.77. The Kier molecular flexibility index (Phi) is 7.86. The molecule has 0 heterocycles. The van der Waals surface area contributed by atoms with Crippen LogP contribution in [0.4, 0.5) is 5.69 Å². The summed E-state index contributed by atoms with van der Waals surface area (Å²) in [6.07, 6.45) is 2.06. The predicted molar refractivity (Wildman–Crippen MR) is 111 cm³/mol. The highest BCUT2D eigenvalue weighted by Crippen LogP contribution is 2.31. The predicted octanol–water partition coefficient (Wildman–Crippen LogP) is 4.45. The maximum atomic E-state index is 12.2. The maximum Gasteiger partial charge on any atom is 0.223 e. The van der Waals surface area contributed by atoms with Gasteiger partial charge in [-0.2, -0.15) is 0 Å². The van der Waals surface area contributed by atoms with Crippen molar-refractivity contribution >= 4 is 29.1 Å². The Morgan fingerprint density at radius 3 is 2.44 bits per heavy atom. The van der Waals surface area contributed by atoms with Crippen molar-refractivity contribution in [3.63, 3.8) is 0 Å². The molecule has 2 aromatic rings. The van der Waals surface area contributed by atoms with E-state index in [2.05, 4.69) is 17.4 Å². The highest BCUT2D eigenvalue weighted by Gasteiger charge is 2.18. The highest BCUT2D eigenvalue weighted by atomic mass is 35.5. The smallest absolute Gasteiger partial charge is 0.223 e. The van der Waals surface area contributed by atoms with Crippen LogP contribution in [0.25, 0.3) is 0 Å². The van der Waals surface area contributed by atoms with Crippen molar-refractivity contribution in [3.05, 3.63) is 64.2 Å². The fraction of sp³-hybridized carbons (Fsp3) is 0.364. The minimum Gasteiger partial charge on any atom is -0.356 e. The number of aryl methyl sites for hydroxylation is 3. The summed E-state index contributed by atoms with van der Waals surface area (Å²) in [5.41, 5.74) is 3.92. The molecule has 2 amide bonds. The summed E-state index contributed by atoms with van der Waals surface area (Å²) in [6, 6.07) is 14.0. The van der Waals surface area contributed by atoms with Crippen molar-refractivity contribution < 1.29 is 9.59 Å². The van der Waals surface area contributed by atoms with Crippen LogP contribution in [0.5, 0.6) is 0 Å². The molecule has 0 saturated carbocycles. The largest absolute Gasteiger partial charge is 0.356 e. The van der Waals surface area contributed by atoms with Crippen LogP contribution in [0.1, 0.15) is 36.5 Å². The van der Waals surface area contributed by atoms with Gasteiger partial charge in [-0.1, -0.05) is 48.0 Å². The van der Waals surface area contributed by atoms with Crippen molar-refractivity contribution in [1.82, 2.24) is 5.32 Å². The van der Waals surface area contributed by atoms with Crippen LogP contribution in [-0.2, 0) is 16.0 Å². The van der Waals surface area contributed by atoms with E-state index in [4.69, 9.17) is 11.6 Å². The lowest BCUT2D eigenvalue weighted by molar-refractivity contribution is -0.121. The fourth-order valence-electron chi connectivity index (χ4n) is 3.14. The Morgan fingerprint density at radius 2 is 1.81 bits per heavy atom. The van der Waals surface area contributed by atoms with E-state index in [-0.39, 0.29) is 18.2 Å². The molecule has 0 aliphatic rings. The number of rotatable bonds is 8. The van der Waals surface area contributed by atoms with Gasteiger partial charge in [-0.05, 0) is 49.4 Å². The summed E-state index contributed by atoms with van der Waals surface area (Å²) in [5, 5.41) is 3.46. The standard InChI is InChI=1S/C22H27ClN2O2/c1-16-14-17(2)22(20(23)15-16)25(18(3)26)13-11-21(27)24-12-7-10-19-8-5-4-6-9-19/h4-6,8-9,14-15H,7,10-13H2,1-3H3,(H,24,27). The maximum absolute atomic E-state index is 12.2. The number of carbonyl (C=O) groups is 2. The van der Waals surface area contributed by atoms with Gasteiger partial charge < -0.3 is 10.2 Å². The molecule has 5 heteroatoms. The summed E-state index contributed by atoms with van der Waals surface area (Å²) in [4.78, 5) is 25.8. The van der Waals surface area contributed by atoms with Gasteiger partial charge in [0.1, 0.15) is 0 Å². The van der Waals surface area contributed by atoms with Crippen LogP contribution < -0.4 is 10.2 Å². The van der Waals surface area contributed by atoms with Crippen molar-refractivity contribution in [2.24, 2.45) is 0 Å². The number of anilines is 1. The van der Waals surface area contributed by atoms with Gasteiger partial charge >= 0.3 is 0 Å². The molecule has 27 heavy (non-hydrogen) atoms. The zero-order valence-corrected chi connectivity index (χ0v) is 17.0. The molecule has 0 fully saturated rings. The SMILES string of the molecule is CC(=O)N(CCC(=O)NCCCc1ccccc1)c1c(C)cc(C)cc1Cl. The van der Waals surface area contributed by atoms with Gasteiger partial charge in [0, 0.05) is 26.4 Å². The zero-order chi connectivity index (χ0) is 19.8. The highest BCUT2D eigenvalue weighted by molar-refractivity contribution is 6.34. The van der Waals surface area contributed by atoms with E-state index >= 15 is 0 Å². The zero-order valence-electron chi connectivity index (χ0n) is 16.2. The average molecular weight is 387 g/mol. The molecule has 0 radical (unpaired) electrons. The molecule has 0 bridgehead atoms. The van der Waals surface area contributed by atoms with Crippen LogP contribution in [0.3, 0.4) is 0 Å². The molecule has 2 aromatic carbocycles. The summed E-state index contributed by atoms with van der Waals surface area (Å²) in [5.74, 6) is -0.184. The first kappa shape index (κ1) is 21.0. The number of nitrogens with zero attached hydrogens (tertiary/aromatic N) is 1. The van der Waals surface area contributed by atoms with Gasteiger partial charge in [0.2, 0.25) is 11.8 Å². The Bertz CT molecular complexity index is 767. The van der Waals surface area contributed by atoms with E-state index in [9.17, 15) is 9.59 Å². The van der Waals surface area contributed by atoms with Crippen LogP contribution in [0.15, 0.2) is 42.5 Å². The molecular formula is C22H27ClN2O2. The van der Waals surface area contributed by atoms with E-state index < -0.39 is 0 Å². The van der Waals surface area contributed by atoms with Crippen LogP contribution in [-0.4, -0.2) is 24.9 Å². The second-order valence-corrected chi connectivity index (χ2v) is 7.18. The van der Waals surface area contributed by atoms with E-state index in [1.807, 2.05) is 44.2 Å². The number of hydrogen-bond donors (Lipinski definition) is 1. The molecule has 4 nitrogen and oxygen atoms in total. The normalized spacial score (nSPS) is 10.5. The van der Waals surface area contributed by atoms with E-state index in [1.54, 1.807) is 4.90 Å². The lowest BCUT2D eigenvalue weighted by atomic mass is 10.1. The van der Waals surface area contributed by atoms with Crippen molar-refractivity contribution in [3.8, 4) is 0 Å². The van der Waals surface area contributed by atoms with Gasteiger partial charge in [-0.15, -0.1) is 0 Å².